The Balaban J connectivity index is 1.90. The minimum atomic E-state index is -0.966. The lowest BCUT2D eigenvalue weighted by Gasteiger charge is -2.30. The van der Waals surface area contributed by atoms with Crippen LogP contribution in [0, 0.1) is 5.92 Å². The summed E-state index contributed by atoms with van der Waals surface area (Å²) in [7, 11) is 0. The number of nitrogens with zero attached hydrogens (tertiary/aromatic N) is 1. The van der Waals surface area contributed by atoms with Crippen LogP contribution in [0.1, 0.15) is 5.56 Å². The van der Waals surface area contributed by atoms with Crippen LogP contribution in [0.3, 0.4) is 0 Å². The summed E-state index contributed by atoms with van der Waals surface area (Å²) in [6.45, 7) is 0. The van der Waals surface area contributed by atoms with E-state index in [2.05, 4.69) is 5.32 Å². The molecule has 1 unspecified atom stereocenters. The number of nitrogens with one attached hydrogen (secondary N) is 1. The molecule has 0 radical (unpaired) electrons. The van der Waals surface area contributed by atoms with Crippen molar-refractivity contribution in [3.63, 3.8) is 0 Å². The van der Waals surface area contributed by atoms with Gasteiger partial charge in [-0.05, 0) is 36.2 Å². The predicted molar refractivity (Wildman–Crippen MR) is 86.1 cm³/mol. The Kier molecular flexibility index (Phi) is 4.12. The van der Waals surface area contributed by atoms with Crippen molar-refractivity contribution in [2.45, 2.75) is 6.42 Å². The molecule has 0 bridgehead atoms. The van der Waals surface area contributed by atoms with E-state index in [-0.39, 0.29) is 6.42 Å². The number of halogens is 1. The molecule has 3 rings (SSSR count). The second kappa shape index (κ2) is 6.22. The van der Waals surface area contributed by atoms with Gasteiger partial charge < -0.3 is 0 Å². The van der Waals surface area contributed by atoms with E-state index in [4.69, 9.17) is 11.6 Å². The summed E-state index contributed by atoms with van der Waals surface area (Å²) in [6.07, 6.45) is 0.182. The average Bonchev–Trinajstić information content (AvgIpc) is 2.52. The smallest absolute Gasteiger partial charge is 0.277 e. The molecule has 116 valence electrons. The number of benzene rings is 2. The molecule has 1 saturated heterocycles. The van der Waals surface area contributed by atoms with Crippen molar-refractivity contribution in [3.05, 3.63) is 65.2 Å². The molecule has 1 heterocycles. The number of para-hydroxylation sites is 1. The van der Waals surface area contributed by atoms with Crippen molar-refractivity contribution in [3.8, 4) is 0 Å². The SMILES string of the molecule is O=C1NC(=O)N(c2ccccc2)C(=O)C1Cc1cccc(Cl)c1. The Bertz CT molecular complexity index is 776. The molecule has 6 heteroatoms. The number of anilines is 1. The molecule has 2 aromatic rings. The van der Waals surface area contributed by atoms with Crippen LogP contribution in [0.2, 0.25) is 5.02 Å². The summed E-state index contributed by atoms with van der Waals surface area (Å²) < 4.78 is 0. The molecule has 0 saturated carbocycles. The third-order valence-corrected chi connectivity index (χ3v) is 3.85. The molecule has 1 N–H and O–H groups in total. The van der Waals surface area contributed by atoms with Crippen molar-refractivity contribution < 1.29 is 14.4 Å². The van der Waals surface area contributed by atoms with Crippen molar-refractivity contribution in [1.82, 2.24) is 5.32 Å². The van der Waals surface area contributed by atoms with E-state index >= 15 is 0 Å². The van der Waals surface area contributed by atoms with Crippen molar-refractivity contribution >= 4 is 35.1 Å². The molecular formula is C17H13ClN2O3. The van der Waals surface area contributed by atoms with Crippen LogP contribution in [0.25, 0.3) is 0 Å². The van der Waals surface area contributed by atoms with Crippen LogP contribution in [-0.2, 0) is 16.0 Å². The van der Waals surface area contributed by atoms with Gasteiger partial charge in [0.2, 0.25) is 11.8 Å². The lowest BCUT2D eigenvalue weighted by molar-refractivity contribution is -0.134. The average molecular weight is 329 g/mol. The minimum Gasteiger partial charge on any atom is -0.277 e. The van der Waals surface area contributed by atoms with E-state index in [9.17, 15) is 14.4 Å². The fourth-order valence-electron chi connectivity index (χ4n) is 2.52. The zero-order chi connectivity index (χ0) is 16.4. The van der Waals surface area contributed by atoms with Gasteiger partial charge in [-0.25, -0.2) is 9.69 Å². The van der Waals surface area contributed by atoms with Crippen LogP contribution in [-0.4, -0.2) is 17.8 Å². The first-order valence-corrected chi connectivity index (χ1v) is 7.42. The molecule has 0 spiro atoms. The van der Waals surface area contributed by atoms with Gasteiger partial charge in [0.15, 0.2) is 0 Å². The number of hydrogen-bond donors (Lipinski definition) is 1. The Hall–Kier alpha value is -2.66. The molecule has 23 heavy (non-hydrogen) atoms. The maximum Gasteiger partial charge on any atom is 0.335 e. The number of hydrogen-bond acceptors (Lipinski definition) is 3. The van der Waals surface area contributed by atoms with E-state index in [1.54, 1.807) is 54.6 Å². The highest BCUT2D eigenvalue weighted by Gasteiger charge is 2.41. The molecule has 4 amide bonds. The zero-order valence-electron chi connectivity index (χ0n) is 12.0. The second-order valence-corrected chi connectivity index (χ2v) is 5.63. The normalized spacial score (nSPS) is 18.0. The molecule has 1 fully saturated rings. The number of imide groups is 2. The largest absolute Gasteiger partial charge is 0.335 e. The van der Waals surface area contributed by atoms with Crippen LogP contribution >= 0.6 is 11.6 Å². The summed E-state index contributed by atoms with van der Waals surface area (Å²) in [5.41, 5.74) is 1.19. The van der Waals surface area contributed by atoms with E-state index in [0.29, 0.717) is 10.7 Å². The number of carbonyl (C=O) groups excluding carboxylic acids is 3. The number of urea groups is 1. The zero-order valence-corrected chi connectivity index (χ0v) is 12.8. The molecule has 1 aliphatic heterocycles. The highest BCUT2D eigenvalue weighted by Crippen LogP contribution is 2.23. The molecule has 0 aromatic heterocycles. The number of barbiturate groups is 1. The third-order valence-electron chi connectivity index (χ3n) is 3.61. The van der Waals surface area contributed by atoms with Crippen LogP contribution < -0.4 is 10.2 Å². The van der Waals surface area contributed by atoms with Gasteiger partial charge in [0.25, 0.3) is 0 Å². The number of carbonyl (C=O) groups is 3. The Morgan fingerprint density at radius 3 is 2.43 bits per heavy atom. The van der Waals surface area contributed by atoms with Gasteiger partial charge in [0.05, 0.1) is 5.69 Å². The number of rotatable bonds is 3. The Morgan fingerprint density at radius 1 is 1.00 bits per heavy atom. The van der Waals surface area contributed by atoms with E-state index in [1.807, 2.05) is 0 Å². The van der Waals surface area contributed by atoms with E-state index in [1.165, 1.54) is 0 Å². The first-order valence-electron chi connectivity index (χ1n) is 7.04. The molecule has 0 aliphatic carbocycles. The molecule has 1 aliphatic rings. The molecule has 2 aromatic carbocycles. The maximum atomic E-state index is 12.6. The Labute approximate surface area is 137 Å². The standard InChI is InChI=1S/C17H13ClN2O3/c18-12-6-4-5-11(9-12)10-14-15(21)19-17(23)20(16(14)22)13-7-2-1-3-8-13/h1-9,14H,10H2,(H,19,21,23). The summed E-state index contributed by atoms with van der Waals surface area (Å²) in [4.78, 5) is 37.7. The lowest BCUT2D eigenvalue weighted by atomic mass is 9.95. The highest BCUT2D eigenvalue weighted by molar-refractivity contribution is 6.30. The van der Waals surface area contributed by atoms with Crippen LogP contribution in [0.4, 0.5) is 10.5 Å². The van der Waals surface area contributed by atoms with Crippen molar-refractivity contribution in [2.24, 2.45) is 5.92 Å². The second-order valence-electron chi connectivity index (χ2n) is 5.19. The Morgan fingerprint density at radius 2 is 1.74 bits per heavy atom. The van der Waals surface area contributed by atoms with Gasteiger partial charge in [0, 0.05) is 5.02 Å². The summed E-state index contributed by atoms with van der Waals surface area (Å²) in [5.74, 6) is -2.09. The summed E-state index contributed by atoms with van der Waals surface area (Å²) in [6, 6.07) is 14.7. The number of amides is 4. The van der Waals surface area contributed by atoms with Crippen molar-refractivity contribution in [1.29, 1.82) is 0 Å². The topological polar surface area (TPSA) is 66.5 Å². The van der Waals surface area contributed by atoms with Gasteiger partial charge >= 0.3 is 6.03 Å². The minimum absolute atomic E-state index is 0.182. The maximum absolute atomic E-state index is 12.6. The monoisotopic (exact) mass is 328 g/mol. The van der Waals surface area contributed by atoms with E-state index in [0.717, 1.165) is 10.5 Å². The fourth-order valence-corrected chi connectivity index (χ4v) is 2.73. The lowest BCUT2D eigenvalue weighted by Crippen LogP contribution is -2.58. The predicted octanol–water partition coefficient (Wildman–Crippen LogP) is 2.78. The van der Waals surface area contributed by atoms with Crippen LogP contribution in [0.15, 0.2) is 54.6 Å². The van der Waals surface area contributed by atoms with E-state index < -0.39 is 23.8 Å². The van der Waals surface area contributed by atoms with Gasteiger partial charge in [-0.2, -0.15) is 0 Å². The molecule has 5 nitrogen and oxygen atoms in total. The molecular weight excluding hydrogens is 316 g/mol. The first-order chi connectivity index (χ1) is 11.1. The van der Waals surface area contributed by atoms with Gasteiger partial charge in [-0.15, -0.1) is 0 Å². The third kappa shape index (κ3) is 3.10. The molecule has 1 atom stereocenters. The van der Waals surface area contributed by atoms with Gasteiger partial charge in [-0.3, -0.25) is 14.9 Å². The highest BCUT2D eigenvalue weighted by atomic mass is 35.5. The quantitative estimate of drug-likeness (QED) is 0.881. The van der Waals surface area contributed by atoms with Crippen molar-refractivity contribution in [2.75, 3.05) is 4.90 Å². The summed E-state index contributed by atoms with van der Waals surface area (Å²) in [5, 5.41) is 2.77. The fraction of sp³-hybridized carbons (Fsp3) is 0.118. The first kappa shape index (κ1) is 15.2. The summed E-state index contributed by atoms with van der Waals surface area (Å²) >= 11 is 5.93. The van der Waals surface area contributed by atoms with Crippen LogP contribution in [0.5, 0.6) is 0 Å². The van der Waals surface area contributed by atoms with Gasteiger partial charge in [0.1, 0.15) is 5.92 Å². The van der Waals surface area contributed by atoms with Gasteiger partial charge in [-0.1, -0.05) is 41.9 Å².